The normalized spacial score (nSPS) is 12.8. The van der Waals surface area contributed by atoms with Crippen molar-refractivity contribution in [1.82, 2.24) is 5.32 Å². The summed E-state index contributed by atoms with van der Waals surface area (Å²) in [5.41, 5.74) is 1.32. The van der Waals surface area contributed by atoms with Gasteiger partial charge < -0.3 is 10.1 Å². The number of fused-ring (bicyclic) bond motifs is 1. The van der Waals surface area contributed by atoms with Crippen LogP contribution in [0.4, 0.5) is 0 Å². The molecule has 0 saturated heterocycles. The summed E-state index contributed by atoms with van der Waals surface area (Å²) in [6.45, 7) is 3.84. The molecular weight excluding hydrogens is 222 g/mol. The van der Waals surface area contributed by atoms with Gasteiger partial charge in [0.05, 0.1) is 6.61 Å². The van der Waals surface area contributed by atoms with Gasteiger partial charge in [-0.05, 0) is 28.8 Å². The number of nitrogens with one attached hydrogen (secondary N) is 1. The highest BCUT2D eigenvalue weighted by atomic mass is 16.5. The summed E-state index contributed by atoms with van der Waals surface area (Å²) >= 11 is 0. The van der Waals surface area contributed by atoms with Gasteiger partial charge in [-0.25, -0.2) is 0 Å². The van der Waals surface area contributed by atoms with Crippen LogP contribution >= 0.6 is 0 Å². The van der Waals surface area contributed by atoms with Gasteiger partial charge >= 0.3 is 0 Å². The lowest BCUT2D eigenvalue weighted by molar-refractivity contribution is 0.164. The lowest BCUT2D eigenvalue weighted by Crippen LogP contribution is -2.31. The Balaban J connectivity index is 2.03. The molecule has 2 aromatic rings. The van der Waals surface area contributed by atoms with Gasteiger partial charge in [0.25, 0.3) is 0 Å². The van der Waals surface area contributed by atoms with Crippen LogP contribution in [-0.2, 0) is 11.3 Å². The molecular formula is C16H21NO. The molecule has 1 N–H and O–H groups in total. The van der Waals surface area contributed by atoms with Crippen LogP contribution in [0.3, 0.4) is 0 Å². The highest BCUT2D eigenvalue weighted by Crippen LogP contribution is 2.15. The molecule has 2 aromatic carbocycles. The number of hydrogen-bond donors (Lipinski definition) is 1. The average molecular weight is 243 g/mol. The molecule has 2 heteroatoms. The SMILES string of the molecule is CCC(COC)NCc1ccc2ccccc2c1. The highest BCUT2D eigenvalue weighted by molar-refractivity contribution is 5.82. The molecule has 1 unspecified atom stereocenters. The summed E-state index contributed by atoms with van der Waals surface area (Å²) in [4.78, 5) is 0. The Bertz CT molecular complexity index is 495. The van der Waals surface area contributed by atoms with Crippen LogP contribution in [0.25, 0.3) is 10.8 Å². The molecule has 0 aliphatic carbocycles. The van der Waals surface area contributed by atoms with Crippen molar-refractivity contribution >= 4 is 10.8 Å². The lowest BCUT2D eigenvalue weighted by Gasteiger charge is -2.16. The van der Waals surface area contributed by atoms with Gasteiger partial charge in [0.2, 0.25) is 0 Å². The average Bonchev–Trinajstić information content (AvgIpc) is 2.43. The van der Waals surface area contributed by atoms with Gasteiger partial charge in [-0.2, -0.15) is 0 Å². The van der Waals surface area contributed by atoms with Crippen molar-refractivity contribution in [1.29, 1.82) is 0 Å². The third-order valence-electron chi connectivity index (χ3n) is 3.27. The van der Waals surface area contributed by atoms with Gasteiger partial charge in [-0.1, -0.05) is 43.3 Å². The van der Waals surface area contributed by atoms with Crippen LogP contribution in [-0.4, -0.2) is 19.8 Å². The van der Waals surface area contributed by atoms with Crippen molar-refractivity contribution in [3.63, 3.8) is 0 Å². The number of benzene rings is 2. The van der Waals surface area contributed by atoms with E-state index in [-0.39, 0.29) is 0 Å². The fraction of sp³-hybridized carbons (Fsp3) is 0.375. The fourth-order valence-corrected chi connectivity index (χ4v) is 2.13. The van der Waals surface area contributed by atoms with E-state index in [0.29, 0.717) is 6.04 Å². The predicted octanol–water partition coefficient (Wildman–Crippen LogP) is 3.35. The molecule has 18 heavy (non-hydrogen) atoms. The maximum atomic E-state index is 5.19. The Labute approximate surface area is 109 Å². The molecule has 0 heterocycles. The standard InChI is InChI=1S/C16H21NO/c1-3-16(12-18-2)17-11-13-8-9-14-6-4-5-7-15(14)10-13/h4-10,16-17H,3,11-12H2,1-2H3. The second-order valence-corrected chi connectivity index (χ2v) is 4.62. The Hall–Kier alpha value is -1.38. The van der Waals surface area contributed by atoms with Crippen LogP contribution < -0.4 is 5.32 Å². The molecule has 0 amide bonds. The van der Waals surface area contributed by atoms with Gasteiger partial charge in [-0.15, -0.1) is 0 Å². The zero-order valence-electron chi connectivity index (χ0n) is 11.1. The Morgan fingerprint density at radius 3 is 2.61 bits per heavy atom. The van der Waals surface area contributed by atoms with Gasteiger partial charge in [0.1, 0.15) is 0 Å². The van der Waals surface area contributed by atoms with Crippen molar-refractivity contribution in [3.05, 3.63) is 48.0 Å². The summed E-state index contributed by atoms with van der Waals surface area (Å²) in [5.74, 6) is 0. The first-order valence-electron chi connectivity index (χ1n) is 6.53. The van der Waals surface area contributed by atoms with E-state index in [2.05, 4.69) is 54.7 Å². The van der Waals surface area contributed by atoms with Crippen LogP contribution in [0.2, 0.25) is 0 Å². The molecule has 0 aromatic heterocycles. The third-order valence-corrected chi connectivity index (χ3v) is 3.27. The topological polar surface area (TPSA) is 21.3 Å². The van der Waals surface area contributed by atoms with E-state index in [1.165, 1.54) is 16.3 Å². The van der Waals surface area contributed by atoms with Crippen molar-refractivity contribution < 1.29 is 4.74 Å². The molecule has 2 rings (SSSR count). The molecule has 0 spiro atoms. The fourth-order valence-electron chi connectivity index (χ4n) is 2.13. The number of rotatable bonds is 6. The zero-order chi connectivity index (χ0) is 12.8. The van der Waals surface area contributed by atoms with Gasteiger partial charge in [0.15, 0.2) is 0 Å². The molecule has 96 valence electrons. The molecule has 0 aliphatic heterocycles. The summed E-state index contributed by atoms with van der Waals surface area (Å²) in [7, 11) is 1.75. The van der Waals surface area contributed by atoms with Crippen LogP contribution in [0.15, 0.2) is 42.5 Å². The van der Waals surface area contributed by atoms with Crippen LogP contribution in [0, 0.1) is 0 Å². The predicted molar refractivity (Wildman–Crippen MR) is 76.7 cm³/mol. The monoisotopic (exact) mass is 243 g/mol. The van der Waals surface area contributed by atoms with Crippen LogP contribution in [0.5, 0.6) is 0 Å². The minimum absolute atomic E-state index is 0.432. The van der Waals surface area contributed by atoms with E-state index in [0.717, 1.165) is 19.6 Å². The van der Waals surface area contributed by atoms with E-state index >= 15 is 0 Å². The van der Waals surface area contributed by atoms with E-state index in [1.807, 2.05) is 0 Å². The largest absolute Gasteiger partial charge is 0.383 e. The second kappa shape index (κ2) is 6.53. The smallest absolute Gasteiger partial charge is 0.0615 e. The molecule has 2 nitrogen and oxygen atoms in total. The quantitative estimate of drug-likeness (QED) is 0.840. The molecule has 1 atom stereocenters. The van der Waals surface area contributed by atoms with E-state index < -0.39 is 0 Å². The van der Waals surface area contributed by atoms with Crippen LogP contribution in [0.1, 0.15) is 18.9 Å². The number of methoxy groups -OCH3 is 1. The Morgan fingerprint density at radius 2 is 1.89 bits per heavy atom. The molecule has 0 fully saturated rings. The van der Waals surface area contributed by atoms with E-state index in [9.17, 15) is 0 Å². The number of hydrogen-bond acceptors (Lipinski definition) is 2. The minimum Gasteiger partial charge on any atom is -0.383 e. The first-order valence-corrected chi connectivity index (χ1v) is 6.53. The maximum absolute atomic E-state index is 5.19. The summed E-state index contributed by atoms with van der Waals surface area (Å²) in [6.07, 6.45) is 1.08. The van der Waals surface area contributed by atoms with Crippen molar-refractivity contribution in [2.45, 2.75) is 25.9 Å². The zero-order valence-corrected chi connectivity index (χ0v) is 11.1. The lowest BCUT2D eigenvalue weighted by atomic mass is 10.1. The first-order chi connectivity index (χ1) is 8.83. The summed E-state index contributed by atoms with van der Waals surface area (Å²) in [5, 5.41) is 6.13. The minimum atomic E-state index is 0.432. The van der Waals surface area contributed by atoms with E-state index in [1.54, 1.807) is 7.11 Å². The molecule has 0 radical (unpaired) electrons. The maximum Gasteiger partial charge on any atom is 0.0615 e. The summed E-state index contributed by atoms with van der Waals surface area (Å²) < 4.78 is 5.19. The van der Waals surface area contributed by atoms with Crippen molar-refractivity contribution in [3.8, 4) is 0 Å². The Kier molecular flexibility index (Phi) is 4.73. The third kappa shape index (κ3) is 3.31. The number of ether oxygens (including phenoxy) is 1. The first kappa shape index (κ1) is 13.1. The molecule has 0 aliphatic rings. The van der Waals surface area contributed by atoms with Gasteiger partial charge in [0, 0.05) is 19.7 Å². The molecule has 0 saturated carbocycles. The van der Waals surface area contributed by atoms with Crippen molar-refractivity contribution in [2.24, 2.45) is 0 Å². The van der Waals surface area contributed by atoms with Crippen molar-refractivity contribution in [2.75, 3.05) is 13.7 Å². The highest BCUT2D eigenvalue weighted by Gasteiger charge is 2.04. The van der Waals surface area contributed by atoms with Gasteiger partial charge in [-0.3, -0.25) is 0 Å². The Morgan fingerprint density at radius 1 is 1.11 bits per heavy atom. The molecule has 0 bridgehead atoms. The second-order valence-electron chi connectivity index (χ2n) is 4.62. The van der Waals surface area contributed by atoms with E-state index in [4.69, 9.17) is 4.74 Å². The summed E-state index contributed by atoms with van der Waals surface area (Å²) in [6, 6.07) is 15.5.